The zero-order chi connectivity index (χ0) is 27.9. The van der Waals surface area contributed by atoms with Crippen LogP contribution in [0.3, 0.4) is 0 Å². The van der Waals surface area contributed by atoms with Crippen LogP contribution in [0.15, 0.2) is 30.5 Å². The summed E-state index contributed by atoms with van der Waals surface area (Å²) in [7, 11) is 2.06. The van der Waals surface area contributed by atoms with E-state index >= 15 is 0 Å². The van der Waals surface area contributed by atoms with Crippen LogP contribution in [0.2, 0.25) is 5.02 Å². The number of ether oxygens (including phenoxy) is 1. The Morgan fingerprint density at radius 1 is 1.18 bits per heavy atom. The number of nitrogens with zero attached hydrogens (tertiary/aromatic N) is 5. The molecule has 2 heterocycles. The molecule has 2 aliphatic rings. The van der Waals surface area contributed by atoms with E-state index in [0.717, 1.165) is 51.1 Å². The Balaban J connectivity index is 1.46. The molecule has 0 radical (unpaired) electrons. The zero-order valence-electron chi connectivity index (χ0n) is 22.1. The van der Waals surface area contributed by atoms with Crippen LogP contribution in [0.4, 0.5) is 21.5 Å². The van der Waals surface area contributed by atoms with E-state index in [-0.39, 0.29) is 27.5 Å². The highest BCUT2D eigenvalue weighted by Crippen LogP contribution is 2.36. The lowest BCUT2D eigenvalue weighted by atomic mass is 9.82. The van der Waals surface area contributed by atoms with Crippen molar-refractivity contribution >= 4 is 40.5 Å². The van der Waals surface area contributed by atoms with Crippen molar-refractivity contribution in [2.75, 3.05) is 49.2 Å². The number of amides is 1. The van der Waals surface area contributed by atoms with Gasteiger partial charge in [0.15, 0.2) is 11.5 Å². The number of likely N-dealkylation sites (N-methyl/N-ethyl adjacent to an activating group) is 1. The van der Waals surface area contributed by atoms with E-state index < -0.39 is 23.3 Å². The smallest absolute Gasteiger partial charge is 0.361 e. The Kier molecular flexibility index (Phi) is 7.21. The van der Waals surface area contributed by atoms with Gasteiger partial charge in [0.25, 0.3) is 5.91 Å². The Bertz CT molecular complexity index is 1430. The average molecular weight is 556 g/mol. The minimum absolute atomic E-state index is 0.00362. The first kappa shape index (κ1) is 26.9. The van der Waals surface area contributed by atoms with E-state index in [2.05, 4.69) is 32.5 Å². The van der Waals surface area contributed by atoms with E-state index in [0.29, 0.717) is 11.4 Å². The molecule has 3 aromatic rings. The molecule has 39 heavy (non-hydrogen) atoms. The average Bonchev–Trinajstić information content (AvgIpc) is 3.40. The maximum Gasteiger partial charge on any atom is 0.361 e. The molecule has 5 rings (SSSR count). The number of rotatable bonds is 6. The number of carbonyl (C=O) groups is 2. The summed E-state index contributed by atoms with van der Waals surface area (Å²) in [4.78, 5) is 30.4. The number of hydrogen-bond acceptors (Lipinski definition) is 8. The van der Waals surface area contributed by atoms with Gasteiger partial charge in [-0.05, 0) is 64.4 Å². The van der Waals surface area contributed by atoms with Gasteiger partial charge in [0, 0.05) is 31.7 Å². The van der Waals surface area contributed by atoms with Crippen LogP contribution in [0.25, 0.3) is 5.69 Å². The second-order valence-corrected chi connectivity index (χ2v) is 10.8. The monoisotopic (exact) mass is 555 g/mol. The lowest BCUT2D eigenvalue weighted by Gasteiger charge is -2.37. The van der Waals surface area contributed by atoms with Crippen molar-refractivity contribution in [1.82, 2.24) is 19.9 Å². The van der Waals surface area contributed by atoms with Crippen LogP contribution in [-0.2, 0) is 4.74 Å². The second kappa shape index (κ2) is 10.5. The van der Waals surface area contributed by atoms with Crippen LogP contribution in [-0.4, -0.2) is 70.6 Å². The minimum Gasteiger partial charge on any atom is -0.455 e. The van der Waals surface area contributed by atoms with Crippen LogP contribution in [0.5, 0.6) is 0 Å². The quantitative estimate of drug-likeness (QED) is 0.345. The van der Waals surface area contributed by atoms with Gasteiger partial charge in [0.05, 0.1) is 39.5 Å². The second-order valence-electron chi connectivity index (χ2n) is 10.5. The summed E-state index contributed by atoms with van der Waals surface area (Å²) in [6, 6.07) is 6.71. The largest absolute Gasteiger partial charge is 0.455 e. The molecule has 12 heteroatoms. The fourth-order valence-electron chi connectivity index (χ4n) is 4.78. The van der Waals surface area contributed by atoms with Crippen molar-refractivity contribution in [1.29, 1.82) is 0 Å². The van der Waals surface area contributed by atoms with E-state index in [1.807, 2.05) is 19.1 Å². The zero-order valence-corrected chi connectivity index (χ0v) is 22.9. The molecule has 2 aromatic carbocycles. The van der Waals surface area contributed by atoms with Crippen molar-refractivity contribution in [2.45, 2.75) is 38.7 Å². The number of hydrogen-bond donors (Lipinski definition) is 2. The molecule has 1 amide bonds. The van der Waals surface area contributed by atoms with Gasteiger partial charge < -0.3 is 25.6 Å². The third-order valence-electron chi connectivity index (χ3n) is 7.48. The third kappa shape index (κ3) is 5.41. The summed E-state index contributed by atoms with van der Waals surface area (Å²) >= 11 is 6.32. The van der Waals surface area contributed by atoms with E-state index in [1.165, 1.54) is 23.9 Å². The molecular formula is C27H31ClFN7O3. The Labute approximate surface area is 230 Å². The fourth-order valence-corrected chi connectivity index (χ4v) is 5.00. The lowest BCUT2D eigenvalue weighted by Crippen LogP contribution is -2.44. The Morgan fingerprint density at radius 2 is 1.90 bits per heavy atom. The lowest BCUT2D eigenvalue weighted by molar-refractivity contribution is -0.0503. The maximum atomic E-state index is 14.2. The van der Waals surface area contributed by atoms with E-state index in [1.54, 1.807) is 6.07 Å². The van der Waals surface area contributed by atoms with Gasteiger partial charge in [-0.3, -0.25) is 4.79 Å². The highest BCUT2D eigenvalue weighted by atomic mass is 35.5. The van der Waals surface area contributed by atoms with Gasteiger partial charge in [0.2, 0.25) is 0 Å². The molecule has 1 aromatic heterocycles. The van der Waals surface area contributed by atoms with E-state index in [4.69, 9.17) is 22.1 Å². The molecule has 2 fully saturated rings. The predicted molar refractivity (Wildman–Crippen MR) is 147 cm³/mol. The topological polar surface area (TPSA) is 119 Å². The number of halogens is 2. The van der Waals surface area contributed by atoms with E-state index in [9.17, 15) is 14.0 Å². The normalized spacial score (nSPS) is 17.0. The number of benzene rings is 2. The number of nitrogens with two attached hydrogens (primary N) is 1. The molecule has 0 bridgehead atoms. The van der Waals surface area contributed by atoms with Crippen LogP contribution in [0.1, 0.15) is 52.6 Å². The predicted octanol–water partition coefficient (Wildman–Crippen LogP) is 4.05. The van der Waals surface area contributed by atoms with Gasteiger partial charge in [0.1, 0.15) is 5.60 Å². The molecule has 1 aliphatic carbocycles. The summed E-state index contributed by atoms with van der Waals surface area (Å²) in [5, 5.41) is 11.0. The number of piperazine rings is 1. The standard InChI is InChI=1S/C27H31ClFN7O3/c1-16-23(28)18(14-19(30)24(16)29)25(37)31-20-13-17(5-6-22(20)35-11-9-34(3)10-12-35)36-15-21(32-33-36)26(38)39-27(2)7-4-8-27/h5-6,13-15H,4,7-12,30H2,1-3H3,(H,31,37). The van der Waals surface area contributed by atoms with Crippen LogP contribution in [0, 0.1) is 12.7 Å². The third-order valence-corrected chi connectivity index (χ3v) is 7.97. The van der Waals surface area contributed by atoms with Crippen LogP contribution < -0.4 is 16.0 Å². The first-order chi connectivity index (χ1) is 18.5. The van der Waals surface area contributed by atoms with Gasteiger partial charge in [-0.2, -0.15) is 0 Å². The first-order valence-electron chi connectivity index (χ1n) is 12.8. The molecule has 0 unspecified atom stereocenters. The molecule has 1 saturated carbocycles. The Morgan fingerprint density at radius 3 is 2.56 bits per heavy atom. The summed E-state index contributed by atoms with van der Waals surface area (Å²) in [6.45, 7) is 6.64. The Hall–Kier alpha value is -3.70. The van der Waals surface area contributed by atoms with Gasteiger partial charge in [-0.1, -0.05) is 16.8 Å². The molecule has 206 valence electrons. The molecule has 0 atom stereocenters. The summed E-state index contributed by atoms with van der Waals surface area (Å²) in [6.07, 6.45) is 4.18. The van der Waals surface area contributed by atoms with Crippen molar-refractivity contribution in [3.8, 4) is 5.69 Å². The number of nitrogens with one attached hydrogen (secondary N) is 1. The molecule has 10 nitrogen and oxygen atoms in total. The maximum absolute atomic E-state index is 14.2. The molecule has 3 N–H and O–H groups in total. The highest BCUT2D eigenvalue weighted by molar-refractivity contribution is 6.35. The SMILES string of the molecule is Cc1c(F)c(N)cc(C(=O)Nc2cc(-n3cc(C(=O)OC4(C)CCC4)nn3)ccc2N2CCN(C)CC2)c1Cl. The molecular weight excluding hydrogens is 525 g/mol. The number of anilines is 3. The fraction of sp³-hybridized carbons (Fsp3) is 0.407. The van der Waals surface area contributed by atoms with Gasteiger partial charge in [-0.25, -0.2) is 13.9 Å². The minimum atomic E-state index is -0.650. The van der Waals surface area contributed by atoms with Crippen LogP contribution >= 0.6 is 11.6 Å². The number of carbonyl (C=O) groups excluding carboxylic acids is 2. The number of aromatic nitrogens is 3. The van der Waals surface area contributed by atoms with Gasteiger partial charge >= 0.3 is 5.97 Å². The molecule has 0 spiro atoms. The first-order valence-corrected chi connectivity index (χ1v) is 13.2. The van der Waals surface area contributed by atoms with Gasteiger partial charge in [-0.15, -0.1) is 5.10 Å². The molecule has 1 saturated heterocycles. The summed E-state index contributed by atoms with van der Waals surface area (Å²) < 4.78 is 21.3. The summed E-state index contributed by atoms with van der Waals surface area (Å²) in [5.41, 5.74) is 7.32. The number of esters is 1. The van der Waals surface area contributed by atoms with Crippen molar-refractivity contribution in [2.24, 2.45) is 0 Å². The summed E-state index contributed by atoms with van der Waals surface area (Å²) in [5.74, 6) is -1.70. The molecule has 1 aliphatic heterocycles. The number of nitrogen functional groups attached to an aromatic ring is 1. The van der Waals surface area contributed by atoms with Crippen molar-refractivity contribution in [3.63, 3.8) is 0 Å². The van der Waals surface area contributed by atoms with Crippen molar-refractivity contribution < 1.29 is 18.7 Å². The highest BCUT2D eigenvalue weighted by Gasteiger charge is 2.36. The van der Waals surface area contributed by atoms with Crippen molar-refractivity contribution in [3.05, 3.63) is 58.1 Å².